The maximum absolute atomic E-state index is 3.71. The van der Waals surface area contributed by atoms with Gasteiger partial charge in [-0.25, -0.2) is 0 Å². The maximum Gasteiger partial charge on any atom is 0.00697 e. The van der Waals surface area contributed by atoms with Crippen LogP contribution >= 0.6 is 0 Å². The first-order valence-electron chi connectivity index (χ1n) is 6.54. The van der Waals surface area contributed by atoms with Crippen molar-refractivity contribution in [3.63, 3.8) is 0 Å². The molecule has 0 amide bonds. The number of hydrogen-bond acceptors (Lipinski definition) is 1. The van der Waals surface area contributed by atoms with E-state index in [4.69, 9.17) is 0 Å². The molecule has 0 aliphatic heterocycles. The minimum Gasteiger partial charge on any atom is -0.314 e. The van der Waals surface area contributed by atoms with Gasteiger partial charge >= 0.3 is 0 Å². The first-order chi connectivity index (χ1) is 6.81. The number of rotatable bonds is 5. The second kappa shape index (κ2) is 4.65. The van der Waals surface area contributed by atoms with Crippen LogP contribution in [0, 0.1) is 17.8 Å². The van der Waals surface area contributed by atoms with Crippen LogP contribution in [-0.2, 0) is 0 Å². The van der Waals surface area contributed by atoms with Gasteiger partial charge in [0.05, 0.1) is 0 Å². The Morgan fingerprint density at radius 3 is 2.71 bits per heavy atom. The summed E-state index contributed by atoms with van der Waals surface area (Å²) in [6, 6.07) is 0.775. The fraction of sp³-hybridized carbons (Fsp3) is 1.00. The van der Waals surface area contributed by atoms with Crippen LogP contribution in [0.3, 0.4) is 0 Å². The van der Waals surface area contributed by atoms with Crippen LogP contribution in [-0.4, -0.2) is 12.6 Å². The van der Waals surface area contributed by atoms with Crippen LogP contribution in [0.2, 0.25) is 0 Å². The van der Waals surface area contributed by atoms with E-state index >= 15 is 0 Å². The molecule has 2 aliphatic rings. The van der Waals surface area contributed by atoms with Crippen molar-refractivity contribution >= 4 is 0 Å². The molecule has 1 nitrogen and oxygen atoms in total. The van der Waals surface area contributed by atoms with E-state index in [0.29, 0.717) is 0 Å². The molecule has 1 heteroatoms. The number of nitrogens with one attached hydrogen (secondary N) is 1. The predicted molar refractivity (Wildman–Crippen MR) is 61.3 cm³/mol. The van der Waals surface area contributed by atoms with Gasteiger partial charge in [0.25, 0.3) is 0 Å². The largest absolute Gasteiger partial charge is 0.314 e. The third-order valence-corrected chi connectivity index (χ3v) is 4.43. The molecule has 0 spiro atoms. The summed E-state index contributed by atoms with van der Waals surface area (Å²) in [6.07, 6.45) is 8.77. The molecule has 1 N–H and O–H groups in total. The highest BCUT2D eigenvalue weighted by atomic mass is 14.9. The topological polar surface area (TPSA) is 12.0 Å². The highest BCUT2D eigenvalue weighted by Gasteiger charge is 2.41. The van der Waals surface area contributed by atoms with Crippen molar-refractivity contribution in [2.75, 3.05) is 6.54 Å². The van der Waals surface area contributed by atoms with Gasteiger partial charge in [0.2, 0.25) is 0 Å². The Morgan fingerprint density at radius 1 is 1.29 bits per heavy atom. The second-order valence-electron chi connectivity index (χ2n) is 5.44. The molecule has 0 radical (unpaired) electrons. The summed E-state index contributed by atoms with van der Waals surface area (Å²) in [4.78, 5) is 0. The Labute approximate surface area is 88.7 Å². The first kappa shape index (κ1) is 10.5. The van der Waals surface area contributed by atoms with Crippen LogP contribution in [0.1, 0.15) is 52.4 Å². The predicted octanol–water partition coefficient (Wildman–Crippen LogP) is 3.20. The molecule has 82 valence electrons. The first-order valence-corrected chi connectivity index (χ1v) is 6.54. The Morgan fingerprint density at radius 2 is 2.14 bits per heavy atom. The van der Waals surface area contributed by atoms with E-state index in [2.05, 4.69) is 19.2 Å². The van der Waals surface area contributed by atoms with Gasteiger partial charge in [-0.3, -0.25) is 0 Å². The lowest BCUT2D eigenvalue weighted by molar-refractivity contribution is 0.260. The van der Waals surface area contributed by atoms with Crippen molar-refractivity contribution in [1.29, 1.82) is 0 Å². The molecule has 0 aromatic carbocycles. The quantitative estimate of drug-likeness (QED) is 0.664. The molecule has 4 atom stereocenters. The average Bonchev–Trinajstić information content (AvgIpc) is 2.79. The third-order valence-electron chi connectivity index (χ3n) is 4.43. The Bertz CT molecular complexity index is 178. The SMILES string of the molecule is CCCCN[C@H](C)[C@H]1C[C@@H]2CC[C@@H]1C2. The van der Waals surface area contributed by atoms with Gasteiger partial charge in [-0.2, -0.15) is 0 Å². The van der Waals surface area contributed by atoms with E-state index < -0.39 is 0 Å². The van der Waals surface area contributed by atoms with E-state index in [1.54, 1.807) is 6.42 Å². The Balaban J connectivity index is 1.72. The summed E-state index contributed by atoms with van der Waals surface area (Å²) < 4.78 is 0. The zero-order valence-electron chi connectivity index (χ0n) is 9.76. The summed E-state index contributed by atoms with van der Waals surface area (Å²) in [6.45, 7) is 5.90. The minimum absolute atomic E-state index is 0.775. The molecule has 2 saturated carbocycles. The van der Waals surface area contributed by atoms with Crippen LogP contribution in [0.4, 0.5) is 0 Å². The summed E-state index contributed by atoms with van der Waals surface area (Å²) in [5.74, 6) is 3.18. The second-order valence-corrected chi connectivity index (χ2v) is 5.44. The highest BCUT2D eigenvalue weighted by molar-refractivity contribution is 4.93. The molecule has 0 aromatic rings. The van der Waals surface area contributed by atoms with Crippen molar-refractivity contribution in [1.82, 2.24) is 5.32 Å². The molecular weight excluding hydrogens is 170 g/mol. The zero-order chi connectivity index (χ0) is 9.97. The van der Waals surface area contributed by atoms with Gasteiger partial charge in [0.15, 0.2) is 0 Å². The minimum atomic E-state index is 0.775. The molecule has 0 aromatic heterocycles. The fourth-order valence-corrected chi connectivity index (χ4v) is 3.56. The monoisotopic (exact) mass is 195 g/mol. The van der Waals surface area contributed by atoms with Gasteiger partial charge in [0.1, 0.15) is 0 Å². The van der Waals surface area contributed by atoms with Crippen LogP contribution < -0.4 is 5.32 Å². The Kier molecular flexibility index (Phi) is 3.48. The van der Waals surface area contributed by atoms with Crippen molar-refractivity contribution in [3.05, 3.63) is 0 Å². The molecule has 2 bridgehead atoms. The van der Waals surface area contributed by atoms with Crippen molar-refractivity contribution in [2.45, 2.75) is 58.4 Å². The zero-order valence-corrected chi connectivity index (χ0v) is 9.76. The van der Waals surface area contributed by atoms with Crippen LogP contribution in [0.15, 0.2) is 0 Å². The molecule has 0 heterocycles. The van der Waals surface area contributed by atoms with Gasteiger partial charge in [0, 0.05) is 6.04 Å². The van der Waals surface area contributed by atoms with Gasteiger partial charge in [-0.05, 0) is 56.9 Å². The molecular formula is C13H25N. The van der Waals surface area contributed by atoms with E-state index in [1.165, 1.54) is 38.6 Å². The molecule has 2 fully saturated rings. The van der Waals surface area contributed by atoms with Gasteiger partial charge in [-0.1, -0.05) is 19.8 Å². The molecule has 14 heavy (non-hydrogen) atoms. The van der Waals surface area contributed by atoms with Gasteiger partial charge < -0.3 is 5.32 Å². The average molecular weight is 195 g/mol. The van der Waals surface area contributed by atoms with E-state index in [1.807, 2.05) is 0 Å². The van der Waals surface area contributed by atoms with E-state index in [-0.39, 0.29) is 0 Å². The number of unbranched alkanes of at least 4 members (excludes halogenated alkanes) is 1. The van der Waals surface area contributed by atoms with E-state index in [9.17, 15) is 0 Å². The normalized spacial score (nSPS) is 37.7. The van der Waals surface area contributed by atoms with Crippen LogP contribution in [0.25, 0.3) is 0 Å². The number of hydrogen-bond donors (Lipinski definition) is 1. The maximum atomic E-state index is 3.71. The fourth-order valence-electron chi connectivity index (χ4n) is 3.56. The summed E-state index contributed by atoms with van der Waals surface area (Å²) in [7, 11) is 0. The summed E-state index contributed by atoms with van der Waals surface area (Å²) in [5, 5.41) is 3.71. The molecule has 0 saturated heterocycles. The number of fused-ring (bicyclic) bond motifs is 2. The molecule has 2 rings (SSSR count). The van der Waals surface area contributed by atoms with Crippen molar-refractivity contribution in [2.24, 2.45) is 17.8 Å². The smallest absolute Gasteiger partial charge is 0.00697 e. The lowest BCUT2D eigenvalue weighted by atomic mass is 9.84. The lowest BCUT2D eigenvalue weighted by Crippen LogP contribution is -2.36. The van der Waals surface area contributed by atoms with Crippen molar-refractivity contribution < 1.29 is 0 Å². The molecule has 0 unspecified atom stereocenters. The van der Waals surface area contributed by atoms with E-state index in [0.717, 1.165) is 23.8 Å². The third kappa shape index (κ3) is 2.13. The lowest BCUT2D eigenvalue weighted by Gasteiger charge is -2.28. The summed E-state index contributed by atoms with van der Waals surface area (Å²) in [5.41, 5.74) is 0. The highest BCUT2D eigenvalue weighted by Crippen LogP contribution is 2.49. The van der Waals surface area contributed by atoms with Gasteiger partial charge in [-0.15, -0.1) is 0 Å². The Hall–Kier alpha value is -0.0400. The summed E-state index contributed by atoms with van der Waals surface area (Å²) >= 11 is 0. The molecule has 2 aliphatic carbocycles. The van der Waals surface area contributed by atoms with Crippen molar-refractivity contribution in [3.8, 4) is 0 Å². The standard InChI is InChI=1S/C13H25N/c1-3-4-7-14-10(2)13-9-11-5-6-12(13)8-11/h10-14H,3-9H2,1-2H3/t10-,11-,12-,13-/m1/s1. The van der Waals surface area contributed by atoms with Crippen LogP contribution in [0.5, 0.6) is 0 Å².